The number of carbonyl (C=O) groups excluding carboxylic acids is 1. The van der Waals surface area contributed by atoms with Crippen LogP contribution in [-0.2, 0) is 10.2 Å². The molecule has 1 saturated heterocycles. The molecule has 1 amide bonds. The predicted molar refractivity (Wildman–Crippen MR) is 96.1 cm³/mol. The van der Waals surface area contributed by atoms with Crippen LogP contribution in [0, 0.1) is 11.8 Å². The maximum Gasteiger partial charge on any atom is 0.223 e. The molecule has 1 aromatic carbocycles. The summed E-state index contributed by atoms with van der Waals surface area (Å²) in [6.07, 6.45) is 4.66. The molecule has 1 saturated carbocycles. The lowest BCUT2D eigenvalue weighted by Gasteiger charge is -2.34. The van der Waals surface area contributed by atoms with Crippen molar-refractivity contribution in [1.82, 2.24) is 10.6 Å². The van der Waals surface area contributed by atoms with E-state index in [2.05, 4.69) is 22.8 Å². The molecule has 0 radical (unpaired) electrons. The van der Waals surface area contributed by atoms with Gasteiger partial charge in [0.05, 0.1) is 0 Å². The maximum atomic E-state index is 12.6. The number of benzene rings is 1. The van der Waals surface area contributed by atoms with E-state index < -0.39 is 0 Å². The van der Waals surface area contributed by atoms with Gasteiger partial charge >= 0.3 is 0 Å². The van der Waals surface area contributed by atoms with Gasteiger partial charge < -0.3 is 20.1 Å². The van der Waals surface area contributed by atoms with Crippen molar-refractivity contribution in [2.75, 3.05) is 32.8 Å². The van der Waals surface area contributed by atoms with Crippen LogP contribution in [0.4, 0.5) is 0 Å². The van der Waals surface area contributed by atoms with Crippen molar-refractivity contribution in [2.45, 2.75) is 38.0 Å². The number of rotatable bonds is 5. The zero-order valence-electron chi connectivity index (χ0n) is 15.0. The van der Waals surface area contributed by atoms with Gasteiger partial charge in [-0.2, -0.15) is 0 Å². The molecule has 2 fully saturated rings. The second kappa shape index (κ2) is 6.87. The lowest BCUT2D eigenvalue weighted by molar-refractivity contribution is -0.127. The molecule has 5 nitrogen and oxygen atoms in total. The van der Waals surface area contributed by atoms with Crippen LogP contribution in [0.2, 0.25) is 0 Å². The second-order valence-electron chi connectivity index (χ2n) is 7.77. The summed E-state index contributed by atoms with van der Waals surface area (Å²) < 4.78 is 11.4. The summed E-state index contributed by atoms with van der Waals surface area (Å²) in [4.78, 5) is 12.6. The van der Waals surface area contributed by atoms with Crippen LogP contribution < -0.4 is 20.1 Å². The number of hydrogen-bond donors (Lipinski definition) is 2. The summed E-state index contributed by atoms with van der Waals surface area (Å²) in [5, 5.41) is 6.50. The van der Waals surface area contributed by atoms with Gasteiger partial charge in [-0.3, -0.25) is 4.79 Å². The first-order valence-electron chi connectivity index (χ1n) is 9.56. The Balaban J connectivity index is 1.48. The van der Waals surface area contributed by atoms with E-state index in [0.717, 1.165) is 44.0 Å². The van der Waals surface area contributed by atoms with Gasteiger partial charge in [0.15, 0.2) is 11.5 Å². The van der Waals surface area contributed by atoms with Gasteiger partial charge in [0.25, 0.3) is 0 Å². The topological polar surface area (TPSA) is 59.6 Å². The minimum absolute atomic E-state index is 0.0308. The molecule has 5 heteroatoms. The summed E-state index contributed by atoms with van der Waals surface area (Å²) in [6.45, 7) is 5.90. The zero-order valence-corrected chi connectivity index (χ0v) is 15.0. The number of ether oxygens (including phenoxy) is 2. The number of carbonyl (C=O) groups is 1. The third-order valence-electron chi connectivity index (χ3n) is 6.25. The first-order valence-corrected chi connectivity index (χ1v) is 9.56. The Hall–Kier alpha value is -1.75. The second-order valence-corrected chi connectivity index (χ2v) is 7.77. The van der Waals surface area contributed by atoms with Crippen molar-refractivity contribution >= 4 is 5.91 Å². The first-order chi connectivity index (χ1) is 12.2. The van der Waals surface area contributed by atoms with Gasteiger partial charge in [-0.25, -0.2) is 0 Å². The van der Waals surface area contributed by atoms with E-state index in [0.29, 0.717) is 19.1 Å². The molecule has 1 unspecified atom stereocenters. The number of fused-ring (bicyclic) bond motifs is 1. The quantitative estimate of drug-likeness (QED) is 0.860. The highest BCUT2D eigenvalue weighted by Gasteiger charge is 2.38. The highest BCUT2D eigenvalue weighted by molar-refractivity contribution is 5.79. The summed E-state index contributed by atoms with van der Waals surface area (Å²) in [6, 6.07) is 6.31. The summed E-state index contributed by atoms with van der Waals surface area (Å²) >= 11 is 0. The fourth-order valence-electron chi connectivity index (χ4n) is 4.29. The Labute approximate surface area is 149 Å². The number of hydrogen-bond acceptors (Lipinski definition) is 4. The van der Waals surface area contributed by atoms with Crippen molar-refractivity contribution in [1.29, 1.82) is 0 Å². The first kappa shape index (κ1) is 16.7. The Morgan fingerprint density at radius 3 is 2.64 bits per heavy atom. The lowest BCUT2D eigenvalue weighted by atomic mass is 9.78. The van der Waals surface area contributed by atoms with Crippen molar-refractivity contribution < 1.29 is 14.3 Å². The molecule has 4 rings (SSSR count). The SMILES string of the molecule is CC(C(=O)NCC1(c2ccc3c(c2)OCCO3)CCCC1)C1CNC1. The van der Waals surface area contributed by atoms with Crippen LogP contribution in [0.15, 0.2) is 18.2 Å². The van der Waals surface area contributed by atoms with E-state index in [4.69, 9.17) is 9.47 Å². The fraction of sp³-hybridized carbons (Fsp3) is 0.650. The summed E-state index contributed by atoms with van der Waals surface area (Å²) in [5.74, 6) is 2.43. The predicted octanol–water partition coefficient (Wildman–Crippen LogP) is 2.24. The Kier molecular flexibility index (Phi) is 4.59. The molecular formula is C20H28N2O3. The summed E-state index contributed by atoms with van der Waals surface area (Å²) in [5.41, 5.74) is 1.30. The Morgan fingerprint density at radius 2 is 1.96 bits per heavy atom. The summed E-state index contributed by atoms with van der Waals surface area (Å²) in [7, 11) is 0. The standard InChI is InChI=1S/C20H28N2O3/c1-14(15-11-21-12-15)19(23)22-13-20(6-2-3-7-20)16-4-5-17-18(10-16)25-9-8-24-17/h4-5,10,14-15,21H,2-3,6-9,11-13H2,1H3,(H,22,23). The monoisotopic (exact) mass is 344 g/mol. The highest BCUT2D eigenvalue weighted by Crippen LogP contribution is 2.43. The van der Waals surface area contributed by atoms with Crippen molar-refractivity contribution in [2.24, 2.45) is 11.8 Å². The Morgan fingerprint density at radius 1 is 1.24 bits per heavy atom. The molecule has 2 aliphatic heterocycles. The minimum atomic E-state index is 0.0308. The van der Waals surface area contributed by atoms with E-state index in [1.54, 1.807) is 0 Å². The van der Waals surface area contributed by atoms with Crippen molar-refractivity contribution in [3.05, 3.63) is 23.8 Å². The molecule has 136 valence electrons. The van der Waals surface area contributed by atoms with E-state index in [9.17, 15) is 4.79 Å². The van der Waals surface area contributed by atoms with Crippen LogP contribution >= 0.6 is 0 Å². The van der Waals surface area contributed by atoms with Gasteiger partial charge in [-0.15, -0.1) is 0 Å². The third kappa shape index (κ3) is 3.22. The number of nitrogens with one attached hydrogen (secondary N) is 2. The van der Waals surface area contributed by atoms with Gasteiger partial charge in [0.1, 0.15) is 13.2 Å². The number of amides is 1. The largest absolute Gasteiger partial charge is 0.486 e. The third-order valence-corrected chi connectivity index (χ3v) is 6.25. The maximum absolute atomic E-state index is 12.6. The molecule has 0 spiro atoms. The Bertz CT molecular complexity index is 636. The minimum Gasteiger partial charge on any atom is -0.486 e. The fourth-order valence-corrected chi connectivity index (χ4v) is 4.29. The van der Waals surface area contributed by atoms with Crippen LogP contribution in [0.25, 0.3) is 0 Å². The molecule has 25 heavy (non-hydrogen) atoms. The normalized spacial score (nSPS) is 22.9. The van der Waals surface area contributed by atoms with E-state index >= 15 is 0 Å². The molecule has 0 bridgehead atoms. The smallest absolute Gasteiger partial charge is 0.223 e. The van der Waals surface area contributed by atoms with Gasteiger partial charge in [-0.1, -0.05) is 25.8 Å². The molecule has 1 aliphatic carbocycles. The molecule has 1 atom stereocenters. The lowest BCUT2D eigenvalue weighted by Crippen LogP contribution is -2.51. The molecule has 3 aliphatic rings. The van der Waals surface area contributed by atoms with Crippen LogP contribution in [0.3, 0.4) is 0 Å². The van der Waals surface area contributed by atoms with Gasteiger partial charge in [-0.05, 0) is 49.5 Å². The van der Waals surface area contributed by atoms with E-state index in [-0.39, 0.29) is 17.2 Å². The van der Waals surface area contributed by atoms with Gasteiger partial charge in [0, 0.05) is 17.9 Å². The highest BCUT2D eigenvalue weighted by atomic mass is 16.6. The van der Waals surface area contributed by atoms with Crippen LogP contribution in [0.5, 0.6) is 11.5 Å². The average molecular weight is 344 g/mol. The van der Waals surface area contributed by atoms with Crippen LogP contribution in [-0.4, -0.2) is 38.8 Å². The van der Waals surface area contributed by atoms with Crippen molar-refractivity contribution in [3.63, 3.8) is 0 Å². The molecule has 2 heterocycles. The van der Waals surface area contributed by atoms with E-state index in [1.165, 1.54) is 18.4 Å². The van der Waals surface area contributed by atoms with Gasteiger partial charge in [0.2, 0.25) is 5.91 Å². The molecule has 2 N–H and O–H groups in total. The van der Waals surface area contributed by atoms with Crippen LogP contribution in [0.1, 0.15) is 38.2 Å². The average Bonchev–Trinajstić information content (AvgIpc) is 3.08. The van der Waals surface area contributed by atoms with Crippen molar-refractivity contribution in [3.8, 4) is 11.5 Å². The molecular weight excluding hydrogens is 316 g/mol. The molecule has 0 aromatic heterocycles. The van der Waals surface area contributed by atoms with E-state index in [1.807, 2.05) is 13.0 Å². The molecule has 1 aromatic rings. The zero-order chi connectivity index (χ0) is 17.3.